The Bertz CT molecular complexity index is 834. The zero-order valence-corrected chi connectivity index (χ0v) is 20.0. The summed E-state index contributed by atoms with van der Waals surface area (Å²) in [5.41, 5.74) is -0.680. The number of cyclic esters (lactones) is 1. The van der Waals surface area contributed by atoms with E-state index in [4.69, 9.17) is 4.74 Å². The maximum atomic E-state index is 13.1. The van der Waals surface area contributed by atoms with Gasteiger partial charge in [0.25, 0.3) is 5.91 Å². The second kappa shape index (κ2) is 12.1. The number of carbonyl (C=O) groups is 3. The highest BCUT2D eigenvalue weighted by molar-refractivity contribution is 5.95. The normalized spacial score (nSPS) is 30.8. The molecule has 2 rings (SSSR count). The number of hydrogen-bond acceptors (Lipinski definition) is 6. The average Bonchev–Trinajstić information content (AvgIpc) is 2.78. The zero-order valence-electron chi connectivity index (χ0n) is 20.0. The van der Waals surface area contributed by atoms with E-state index in [1.165, 1.54) is 0 Å². The van der Waals surface area contributed by atoms with Crippen molar-refractivity contribution in [2.45, 2.75) is 78.1 Å². The number of aliphatic hydroxyl groups excluding tert-OH is 2. The minimum Gasteiger partial charge on any atom is -0.452 e. The van der Waals surface area contributed by atoms with Crippen molar-refractivity contribution >= 4 is 23.3 Å². The predicted octanol–water partition coefficient (Wildman–Crippen LogP) is 3.65. The molecule has 0 aliphatic carbocycles. The highest BCUT2D eigenvalue weighted by Gasteiger charge is 2.42. The Kier molecular flexibility index (Phi) is 9.80. The third kappa shape index (κ3) is 7.51. The molecule has 1 heterocycles. The van der Waals surface area contributed by atoms with Crippen LogP contribution in [0.25, 0.3) is 0 Å². The van der Waals surface area contributed by atoms with E-state index in [2.05, 4.69) is 5.32 Å². The zero-order chi connectivity index (χ0) is 24.6. The van der Waals surface area contributed by atoms with E-state index in [-0.39, 0.29) is 18.1 Å². The van der Waals surface area contributed by atoms with Crippen LogP contribution in [-0.2, 0) is 19.1 Å². The molecule has 0 radical (unpaired) electrons. The number of benzene rings is 1. The van der Waals surface area contributed by atoms with Gasteiger partial charge in [-0.1, -0.05) is 58.0 Å². The van der Waals surface area contributed by atoms with E-state index in [9.17, 15) is 24.6 Å². The van der Waals surface area contributed by atoms with E-state index in [1.54, 1.807) is 45.0 Å². The van der Waals surface area contributed by atoms with Gasteiger partial charge < -0.3 is 20.3 Å². The topological polar surface area (TPSA) is 113 Å². The van der Waals surface area contributed by atoms with E-state index in [0.717, 1.165) is 19.3 Å². The lowest BCUT2D eigenvalue weighted by atomic mass is 9.73. The molecule has 0 saturated heterocycles. The molecule has 1 amide bonds. The quantitative estimate of drug-likeness (QED) is 0.460. The van der Waals surface area contributed by atoms with Crippen LogP contribution in [0.2, 0.25) is 0 Å². The molecule has 0 saturated carbocycles. The second-order valence-corrected chi connectivity index (χ2v) is 9.53. The van der Waals surface area contributed by atoms with Gasteiger partial charge in [-0.15, -0.1) is 0 Å². The number of ether oxygens (including phenoxy) is 1. The number of carbonyl (C=O) groups excluding carboxylic acids is 3. The average molecular weight is 460 g/mol. The number of aliphatic hydroxyl groups is 2. The molecule has 1 aromatic carbocycles. The van der Waals surface area contributed by atoms with Crippen molar-refractivity contribution in [2.75, 3.05) is 5.32 Å². The molecule has 5 atom stereocenters. The van der Waals surface area contributed by atoms with Crippen LogP contribution in [0.15, 0.2) is 42.5 Å². The molecule has 7 heteroatoms. The van der Waals surface area contributed by atoms with Crippen LogP contribution < -0.4 is 5.32 Å². The smallest absolute Gasteiger partial charge is 0.309 e. The molecule has 1 aliphatic rings. The fourth-order valence-electron chi connectivity index (χ4n) is 4.04. The monoisotopic (exact) mass is 459 g/mol. The van der Waals surface area contributed by atoms with Gasteiger partial charge in [-0.25, -0.2) is 0 Å². The van der Waals surface area contributed by atoms with Crippen LogP contribution in [0.3, 0.4) is 0 Å². The van der Waals surface area contributed by atoms with E-state index in [0.29, 0.717) is 5.69 Å². The van der Waals surface area contributed by atoms with Crippen molar-refractivity contribution in [3.8, 4) is 0 Å². The molecule has 33 heavy (non-hydrogen) atoms. The Hall–Kier alpha value is -2.51. The summed E-state index contributed by atoms with van der Waals surface area (Å²) in [6.45, 7) is 6.69. The fraction of sp³-hybridized carbons (Fsp3) is 0.577. The van der Waals surface area contributed by atoms with Crippen molar-refractivity contribution in [3.63, 3.8) is 0 Å². The first kappa shape index (κ1) is 26.7. The number of Topliss-reactive ketones (excluding diaryl/α,β-unsaturated/α-hetero) is 1. The summed E-state index contributed by atoms with van der Waals surface area (Å²) >= 11 is 0. The summed E-state index contributed by atoms with van der Waals surface area (Å²) in [6.07, 6.45) is 2.56. The molecule has 0 spiro atoms. The van der Waals surface area contributed by atoms with Crippen LogP contribution in [0.1, 0.15) is 59.8 Å². The molecule has 182 valence electrons. The van der Waals surface area contributed by atoms with Gasteiger partial charge in [0.2, 0.25) is 0 Å². The van der Waals surface area contributed by atoms with Gasteiger partial charge in [-0.3, -0.25) is 14.4 Å². The molecule has 0 aromatic heterocycles. The second-order valence-electron chi connectivity index (χ2n) is 9.53. The minimum atomic E-state index is -1.32. The van der Waals surface area contributed by atoms with Crippen LogP contribution in [0.5, 0.6) is 0 Å². The van der Waals surface area contributed by atoms with Gasteiger partial charge in [0, 0.05) is 18.0 Å². The van der Waals surface area contributed by atoms with E-state index < -0.39 is 47.9 Å². The first-order chi connectivity index (χ1) is 15.5. The van der Waals surface area contributed by atoms with Gasteiger partial charge in [0.05, 0.1) is 24.0 Å². The molecule has 1 unspecified atom stereocenters. The van der Waals surface area contributed by atoms with Crippen LogP contribution in [-0.4, -0.2) is 46.2 Å². The van der Waals surface area contributed by atoms with Gasteiger partial charge in [0.1, 0.15) is 5.78 Å². The highest BCUT2D eigenvalue weighted by Crippen LogP contribution is 2.32. The Morgan fingerprint density at radius 1 is 1.09 bits per heavy atom. The molecule has 1 aliphatic heterocycles. The fourth-order valence-corrected chi connectivity index (χ4v) is 4.04. The lowest BCUT2D eigenvalue weighted by molar-refractivity contribution is -0.159. The van der Waals surface area contributed by atoms with Crippen molar-refractivity contribution in [2.24, 2.45) is 17.3 Å². The number of nitrogens with one attached hydrogen (secondary N) is 1. The summed E-state index contributed by atoms with van der Waals surface area (Å²) in [6, 6.07) is 8.87. The Balaban J connectivity index is 2.22. The van der Waals surface area contributed by atoms with E-state index >= 15 is 0 Å². The number of amides is 1. The van der Waals surface area contributed by atoms with Crippen LogP contribution in [0, 0.1) is 17.3 Å². The number of ketones is 1. The van der Waals surface area contributed by atoms with Gasteiger partial charge in [-0.2, -0.15) is 0 Å². The number of para-hydroxylation sites is 1. The standard InChI is InChI=1S/C26H37NO6/c1-17-12-8-5-6-11-15-20(25(32)27-19-13-9-7-10-14-19)33-22(29)16-21(28)26(3,4)24(31)18(2)23(17)30/h6-7,9-11,13-14,17-18,20-21,23,28,30H,5,8,12,15-16H2,1-4H3,(H,27,32)/b11-6+/t17-,18+,20?,21+,23-/m1/s1. The Morgan fingerprint density at radius 2 is 1.76 bits per heavy atom. The summed E-state index contributed by atoms with van der Waals surface area (Å²) in [7, 11) is 0. The van der Waals surface area contributed by atoms with Crippen molar-refractivity contribution in [1.82, 2.24) is 0 Å². The maximum absolute atomic E-state index is 13.1. The van der Waals surface area contributed by atoms with Gasteiger partial charge >= 0.3 is 5.97 Å². The third-order valence-electron chi connectivity index (χ3n) is 6.49. The number of esters is 1. The van der Waals surface area contributed by atoms with Crippen molar-refractivity contribution in [1.29, 1.82) is 0 Å². The van der Waals surface area contributed by atoms with Gasteiger partial charge in [0.15, 0.2) is 6.10 Å². The minimum absolute atomic E-state index is 0.0902. The Labute approximate surface area is 196 Å². The summed E-state index contributed by atoms with van der Waals surface area (Å²) in [4.78, 5) is 38.4. The molecule has 0 fully saturated rings. The molecular formula is C26H37NO6. The Morgan fingerprint density at radius 3 is 2.42 bits per heavy atom. The molecule has 1 aromatic rings. The van der Waals surface area contributed by atoms with Crippen LogP contribution >= 0.6 is 0 Å². The molecule has 3 N–H and O–H groups in total. The summed E-state index contributed by atoms with van der Waals surface area (Å²) < 4.78 is 5.43. The van der Waals surface area contributed by atoms with E-state index in [1.807, 2.05) is 25.1 Å². The third-order valence-corrected chi connectivity index (χ3v) is 6.49. The van der Waals surface area contributed by atoms with Crippen molar-refractivity contribution < 1.29 is 29.3 Å². The largest absolute Gasteiger partial charge is 0.452 e. The SMILES string of the molecule is C[C@@H]1CCC/C=C/CC(C(=O)Nc2ccccc2)OC(=O)C[C@H](O)C(C)(C)C(=O)[C@@H](C)[C@@H]1O. The summed E-state index contributed by atoms with van der Waals surface area (Å²) in [5, 5.41) is 24.1. The number of hydrogen-bond donors (Lipinski definition) is 3. The first-order valence-electron chi connectivity index (χ1n) is 11.6. The van der Waals surface area contributed by atoms with Gasteiger partial charge in [-0.05, 0) is 37.3 Å². The summed E-state index contributed by atoms with van der Waals surface area (Å²) in [5.74, 6) is -2.32. The number of anilines is 1. The molecule has 7 nitrogen and oxygen atoms in total. The van der Waals surface area contributed by atoms with Crippen LogP contribution in [0.4, 0.5) is 5.69 Å². The predicted molar refractivity (Wildman–Crippen MR) is 126 cm³/mol. The molecule has 0 bridgehead atoms. The van der Waals surface area contributed by atoms with Crippen molar-refractivity contribution in [3.05, 3.63) is 42.5 Å². The highest BCUT2D eigenvalue weighted by atomic mass is 16.5. The number of allylic oxidation sites excluding steroid dienone is 1. The first-order valence-corrected chi connectivity index (χ1v) is 11.6. The molecular weight excluding hydrogens is 422 g/mol. The lowest BCUT2D eigenvalue weighted by Gasteiger charge is -2.34. The maximum Gasteiger partial charge on any atom is 0.309 e. The number of rotatable bonds is 2. The lowest BCUT2D eigenvalue weighted by Crippen LogP contribution is -2.46.